The first-order valence-electron chi connectivity index (χ1n) is 9.19. The molecule has 1 unspecified atom stereocenters. The molecular formula is C21H27Cl2N3O2. The normalized spacial score (nSPS) is 11.2. The molecule has 5 nitrogen and oxygen atoms in total. The molecule has 0 spiro atoms. The van der Waals surface area contributed by atoms with Gasteiger partial charge in [-0.25, -0.2) is 0 Å². The van der Waals surface area contributed by atoms with Crippen molar-refractivity contribution in [3.8, 4) is 0 Å². The van der Waals surface area contributed by atoms with Crippen molar-refractivity contribution >= 4 is 35.8 Å². The van der Waals surface area contributed by atoms with Gasteiger partial charge in [0.25, 0.3) is 5.91 Å². The van der Waals surface area contributed by atoms with Gasteiger partial charge in [0.05, 0.1) is 0 Å². The Hall–Kier alpha value is -2.08. The van der Waals surface area contributed by atoms with Gasteiger partial charge in [-0.2, -0.15) is 0 Å². The van der Waals surface area contributed by atoms with E-state index in [4.69, 9.17) is 11.6 Å². The Bertz CT molecular complexity index is 724. The van der Waals surface area contributed by atoms with E-state index in [9.17, 15) is 9.59 Å². The maximum atomic E-state index is 12.6. The fraction of sp³-hybridized carbons (Fsp3) is 0.333. The molecule has 0 heterocycles. The molecule has 2 amide bonds. The van der Waals surface area contributed by atoms with Crippen molar-refractivity contribution in [2.45, 2.75) is 25.8 Å². The molecule has 0 fully saturated rings. The molecule has 2 aromatic carbocycles. The van der Waals surface area contributed by atoms with E-state index in [1.165, 1.54) is 0 Å². The van der Waals surface area contributed by atoms with Crippen LogP contribution < -0.4 is 16.0 Å². The lowest BCUT2D eigenvalue weighted by molar-refractivity contribution is -0.122. The molecule has 152 valence electrons. The molecule has 0 radical (unpaired) electrons. The molecule has 0 aliphatic rings. The smallest absolute Gasteiger partial charge is 0.251 e. The number of nitrogens with one attached hydrogen (secondary N) is 3. The molecule has 0 aromatic heterocycles. The van der Waals surface area contributed by atoms with Crippen LogP contribution in [0.4, 0.5) is 0 Å². The number of hydrogen-bond acceptors (Lipinski definition) is 3. The highest BCUT2D eigenvalue weighted by molar-refractivity contribution is 6.30. The summed E-state index contributed by atoms with van der Waals surface area (Å²) in [6.07, 6.45) is 1.47. The zero-order chi connectivity index (χ0) is 19.5. The number of benzene rings is 2. The number of halogens is 2. The van der Waals surface area contributed by atoms with Crippen LogP contribution >= 0.6 is 24.0 Å². The van der Waals surface area contributed by atoms with Crippen LogP contribution in [-0.2, 0) is 11.2 Å². The molecule has 0 saturated heterocycles. The van der Waals surface area contributed by atoms with Crippen molar-refractivity contribution in [3.05, 3.63) is 70.7 Å². The second-order valence-electron chi connectivity index (χ2n) is 6.26. The predicted octanol–water partition coefficient (Wildman–Crippen LogP) is 3.22. The topological polar surface area (TPSA) is 70.2 Å². The first kappa shape index (κ1) is 24.0. The van der Waals surface area contributed by atoms with Gasteiger partial charge in [-0.05, 0) is 42.8 Å². The average Bonchev–Trinajstić information content (AvgIpc) is 2.68. The van der Waals surface area contributed by atoms with Crippen molar-refractivity contribution in [3.63, 3.8) is 0 Å². The molecule has 0 aliphatic carbocycles. The third-order valence-corrected chi connectivity index (χ3v) is 4.29. The van der Waals surface area contributed by atoms with Gasteiger partial charge in [0.15, 0.2) is 0 Å². The minimum Gasteiger partial charge on any atom is -0.353 e. The van der Waals surface area contributed by atoms with Crippen molar-refractivity contribution in [2.75, 3.05) is 19.6 Å². The summed E-state index contributed by atoms with van der Waals surface area (Å²) in [6.45, 7) is 4.22. The van der Waals surface area contributed by atoms with Crippen molar-refractivity contribution in [2.24, 2.45) is 0 Å². The summed E-state index contributed by atoms with van der Waals surface area (Å²) in [5.74, 6) is -0.494. The molecule has 7 heteroatoms. The van der Waals surface area contributed by atoms with Gasteiger partial charge in [-0.3, -0.25) is 9.59 Å². The molecule has 28 heavy (non-hydrogen) atoms. The van der Waals surface area contributed by atoms with Gasteiger partial charge in [0.2, 0.25) is 5.91 Å². The molecule has 1 atom stereocenters. The highest BCUT2D eigenvalue weighted by Crippen LogP contribution is 2.10. The predicted molar refractivity (Wildman–Crippen MR) is 116 cm³/mol. The van der Waals surface area contributed by atoms with E-state index in [0.29, 0.717) is 30.1 Å². The Kier molecular flexibility index (Phi) is 11.3. The highest BCUT2D eigenvalue weighted by atomic mass is 35.5. The van der Waals surface area contributed by atoms with E-state index < -0.39 is 6.04 Å². The van der Waals surface area contributed by atoms with Crippen LogP contribution in [-0.4, -0.2) is 37.5 Å². The number of carbonyl (C=O) groups is 2. The van der Waals surface area contributed by atoms with Crippen LogP contribution in [0.3, 0.4) is 0 Å². The second kappa shape index (κ2) is 13.2. The molecular weight excluding hydrogens is 397 g/mol. The molecule has 3 N–H and O–H groups in total. The first-order valence-corrected chi connectivity index (χ1v) is 9.56. The van der Waals surface area contributed by atoms with Crippen LogP contribution in [0, 0.1) is 0 Å². The van der Waals surface area contributed by atoms with Gasteiger partial charge >= 0.3 is 0 Å². The summed E-state index contributed by atoms with van der Waals surface area (Å²) in [5.41, 5.74) is 1.45. The zero-order valence-corrected chi connectivity index (χ0v) is 17.5. The van der Waals surface area contributed by atoms with Gasteiger partial charge in [-0.1, -0.05) is 48.9 Å². The van der Waals surface area contributed by atoms with E-state index >= 15 is 0 Å². The highest BCUT2D eigenvalue weighted by Gasteiger charge is 2.21. The fourth-order valence-electron chi connectivity index (χ4n) is 2.60. The van der Waals surface area contributed by atoms with E-state index in [0.717, 1.165) is 18.5 Å². The standard InChI is InChI=1S/C21H26ClN3O2.ClH/c1-2-12-23-13-14-24-21(27)19(15-16-6-4-3-5-7-16)25-20(26)17-8-10-18(22)11-9-17;/h3-11,19,23H,2,12-15H2,1H3,(H,24,27)(H,25,26);1H. The SMILES string of the molecule is CCCNCCNC(=O)C(Cc1ccccc1)NC(=O)c1ccc(Cl)cc1.Cl. The molecule has 0 saturated carbocycles. The maximum Gasteiger partial charge on any atom is 0.251 e. The van der Waals surface area contributed by atoms with Crippen LogP contribution in [0.2, 0.25) is 5.02 Å². The van der Waals surface area contributed by atoms with Crippen LogP contribution in [0.1, 0.15) is 29.3 Å². The lowest BCUT2D eigenvalue weighted by Crippen LogP contribution is -2.49. The summed E-state index contributed by atoms with van der Waals surface area (Å²) in [7, 11) is 0. The molecule has 0 aliphatic heterocycles. The Morgan fingerprint density at radius 1 is 0.964 bits per heavy atom. The minimum absolute atomic E-state index is 0. The lowest BCUT2D eigenvalue weighted by Gasteiger charge is -2.19. The Morgan fingerprint density at radius 3 is 2.29 bits per heavy atom. The van der Waals surface area contributed by atoms with Crippen LogP contribution in [0.5, 0.6) is 0 Å². The lowest BCUT2D eigenvalue weighted by atomic mass is 10.0. The second-order valence-corrected chi connectivity index (χ2v) is 6.70. The quantitative estimate of drug-likeness (QED) is 0.513. The van der Waals surface area contributed by atoms with Crippen LogP contribution in [0.15, 0.2) is 54.6 Å². The maximum absolute atomic E-state index is 12.6. The van der Waals surface area contributed by atoms with Gasteiger partial charge < -0.3 is 16.0 Å². The monoisotopic (exact) mass is 423 g/mol. The first-order chi connectivity index (χ1) is 13.1. The minimum atomic E-state index is -0.651. The van der Waals surface area contributed by atoms with E-state index in [1.807, 2.05) is 30.3 Å². The fourth-order valence-corrected chi connectivity index (χ4v) is 2.73. The van der Waals surface area contributed by atoms with Gasteiger partial charge in [-0.15, -0.1) is 12.4 Å². The molecule has 2 rings (SSSR count). The van der Waals surface area contributed by atoms with Gasteiger partial charge in [0, 0.05) is 30.1 Å². The Morgan fingerprint density at radius 2 is 1.64 bits per heavy atom. The number of amides is 2. The number of rotatable bonds is 10. The van der Waals surface area contributed by atoms with E-state index in [1.54, 1.807) is 24.3 Å². The summed E-state index contributed by atoms with van der Waals surface area (Å²) in [5, 5.41) is 9.53. The summed E-state index contributed by atoms with van der Waals surface area (Å²) in [6, 6.07) is 15.6. The van der Waals surface area contributed by atoms with Crippen molar-refractivity contribution < 1.29 is 9.59 Å². The van der Waals surface area contributed by atoms with Crippen LogP contribution in [0.25, 0.3) is 0 Å². The largest absolute Gasteiger partial charge is 0.353 e. The summed E-state index contributed by atoms with van der Waals surface area (Å²) >= 11 is 5.87. The van der Waals surface area contributed by atoms with E-state index in [-0.39, 0.29) is 24.2 Å². The van der Waals surface area contributed by atoms with Gasteiger partial charge in [0.1, 0.15) is 6.04 Å². The number of carbonyl (C=O) groups excluding carboxylic acids is 2. The average molecular weight is 424 g/mol. The van der Waals surface area contributed by atoms with Crippen molar-refractivity contribution in [1.29, 1.82) is 0 Å². The third kappa shape index (κ3) is 8.30. The van der Waals surface area contributed by atoms with Crippen molar-refractivity contribution in [1.82, 2.24) is 16.0 Å². The third-order valence-electron chi connectivity index (χ3n) is 4.04. The Labute approximate surface area is 177 Å². The summed E-state index contributed by atoms with van der Waals surface area (Å²) in [4.78, 5) is 25.2. The summed E-state index contributed by atoms with van der Waals surface area (Å²) < 4.78 is 0. The zero-order valence-electron chi connectivity index (χ0n) is 15.9. The number of hydrogen-bond donors (Lipinski definition) is 3. The molecule has 0 bridgehead atoms. The van der Waals surface area contributed by atoms with E-state index in [2.05, 4.69) is 22.9 Å². The molecule has 2 aromatic rings. The Balaban J connectivity index is 0.00000392.